The Bertz CT molecular complexity index is 572. The fourth-order valence-electron chi connectivity index (χ4n) is 1.41. The molecule has 0 atom stereocenters. The van der Waals surface area contributed by atoms with Crippen molar-refractivity contribution in [3.8, 4) is 23.7 Å². The Morgan fingerprint density at radius 2 is 1.90 bits per heavy atom. The van der Waals surface area contributed by atoms with E-state index in [-0.39, 0.29) is 5.97 Å². The Kier molecular flexibility index (Phi) is 7.39. The monoisotopic (exact) mass is 266 g/mol. The number of methoxy groups -OCH3 is 1. The minimum atomic E-state index is -0.341. The summed E-state index contributed by atoms with van der Waals surface area (Å²) in [6.45, 7) is 2.15. The van der Waals surface area contributed by atoms with Crippen LogP contribution in [0.4, 0.5) is 0 Å². The quantitative estimate of drug-likeness (QED) is 0.475. The number of esters is 1. The van der Waals surface area contributed by atoms with Gasteiger partial charge >= 0.3 is 5.97 Å². The van der Waals surface area contributed by atoms with Crippen LogP contribution in [-0.2, 0) is 4.74 Å². The van der Waals surface area contributed by atoms with Crippen LogP contribution in [0.15, 0.2) is 36.4 Å². The second-order valence-electron chi connectivity index (χ2n) is 4.10. The highest BCUT2D eigenvalue weighted by atomic mass is 16.5. The number of hydrogen-bond acceptors (Lipinski definition) is 2. The molecule has 0 N–H and O–H groups in total. The molecule has 0 radical (unpaired) electrons. The molecule has 2 heteroatoms. The molecule has 1 aromatic carbocycles. The van der Waals surface area contributed by atoms with E-state index in [2.05, 4.69) is 35.3 Å². The van der Waals surface area contributed by atoms with E-state index >= 15 is 0 Å². The molecule has 0 aliphatic heterocycles. The molecular formula is C18H18O2. The minimum absolute atomic E-state index is 0.341. The van der Waals surface area contributed by atoms with Gasteiger partial charge in [0.2, 0.25) is 0 Å². The van der Waals surface area contributed by atoms with E-state index in [0.717, 1.165) is 18.4 Å². The summed E-state index contributed by atoms with van der Waals surface area (Å²) in [7, 11) is 1.36. The molecule has 0 aliphatic carbocycles. The molecule has 0 fully saturated rings. The number of benzene rings is 1. The van der Waals surface area contributed by atoms with Gasteiger partial charge in [-0.3, -0.25) is 0 Å². The second kappa shape index (κ2) is 9.48. The van der Waals surface area contributed by atoms with Gasteiger partial charge in [-0.2, -0.15) is 0 Å². The van der Waals surface area contributed by atoms with E-state index in [1.807, 2.05) is 0 Å². The maximum atomic E-state index is 11.2. The third-order valence-corrected chi connectivity index (χ3v) is 2.53. The molecular weight excluding hydrogens is 248 g/mol. The zero-order valence-corrected chi connectivity index (χ0v) is 11.9. The molecule has 0 saturated carbocycles. The molecule has 0 amide bonds. The average molecular weight is 266 g/mol. The van der Waals surface area contributed by atoms with Gasteiger partial charge in [0.05, 0.1) is 12.7 Å². The fourth-order valence-corrected chi connectivity index (χ4v) is 1.41. The van der Waals surface area contributed by atoms with Gasteiger partial charge in [-0.1, -0.05) is 37.0 Å². The summed E-state index contributed by atoms with van der Waals surface area (Å²) in [6.07, 6.45) is 6.72. The van der Waals surface area contributed by atoms with Crippen LogP contribution >= 0.6 is 0 Å². The first-order valence-corrected chi connectivity index (χ1v) is 6.61. The van der Waals surface area contributed by atoms with Gasteiger partial charge in [-0.15, -0.1) is 0 Å². The SMILES string of the molecule is CCCCC#C/C=C\C#Cc1ccc(C(=O)OC)cc1. The lowest BCUT2D eigenvalue weighted by Gasteiger charge is -1.97. The van der Waals surface area contributed by atoms with Crippen LogP contribution in [0.5, 0.6) is 0 Å². The van der Waals surface area contributed by atoms with E-state index in [4.69, 9.17) is 0 Å². The molecule has 2 nitrogen and oxygen atoms in total. The molecule has 0 spiro atoms. The Morgan fingerprint density at radius 3 is 2.55 bits per heavy atom. The molecule has 20 heavy (non-hydrogen) atoms. The lowest BCUT2D eigenvalue weighted by Crippen LogP contribution is -2.00. The number of carbonyl (C=O) groups is 1. The van der Waals surface area contributed by atoms with Gasteiger partial charge in [0, 0.05) is 12.0 Å². The van der Waals surface area contributed by atoms with Crippen molar-refractivity contribution in [2.75, 3.05) is 7.11 Å². The van der Waals surface area contributed by atoms with Crippen molar-refractivity contribution in [2.45, 2.75) is 26.2 Å². The average Bonchev–Trinajstić information content (AvgIpc) is 2.50. The normalized spacial score (nSPS) is 9.30. The van der Waals surface area contributed by atoms with Crippen LogP contribution in [0, 0.1) is 23.7 Å². The van der Waals surface area contributed by atoms with Crippen LogP contribution in [0.3, 0.4) is 0 Å². The van der Waals surface area contributed by atoms with Gasteiger partial charge in [0.1, 0.15) is 0 Å². The summed E-state index contributed by atoms with van der Waals surface area (Å²) in [4.78, 5) is 11.2. The van der Waals surface area contributed by atoms with Crippen LogP contribution < -0.4 is 0 Å². The third-order valence-electron chi connectivity index (χ3n) is 2.53. The molecule has 102 valence electrons. The van der Waals surface area contributed by atoms with Crippen molar-refractivity contribution in [1.29, 1.82) is 0 Å². The molecule has 0 heterocycles. The molecule has 0 aromatic heterocycles. The van der Waals surface area contributed by atoms with Crippen molar-refractivity contribution in [2.24, 2.45) is 0 Å². The second-order valence-corrected chi connectivity index (χ2v) is 4.10. The van der Waals surface area contributed by atoms with Gasteiger partial charge in [-0.25, -0.2) is 4.79 Å². The van der Waals surface area contributed by atoms with Crippen LogP contribution in [0.25, 0.3) is 0 Å². The Labute approximate surface area is 120 Å². The third kappa shape index (κ3) is 5.94. The maximum absolute atomic E-state index is 11.2. The van der Waals surface area contributed by atoms with Crippen LogP contribution in [0.1, 0.15) is 42.1 Å². The van der Waals surface area contributed by atoms with Crippen molar-refractivity contribution < 1.29 is 9.53 Å². The van der Waals surface area contributed by atoms with E-state index in [0.29, 0.717) is 5.56 Å². The highest BCUT2D eigenvalue weighted by Gasteiger charge is 2.02. The number of allylic oxidation sites excluding steroid dienone is 2. The lowest BCUT2D eigenvalue weighted by molar-refractivity contribution is 0.0601. The smallest absolute Gasteiger partial charge is 0.337 e. The van der Waals surface area contributed by atoms with Crippen LogP contribution in [-0.4, -0.2) is 13.1 Å². The van der Waals surface area contributed by atoms with Gasteiger partial charge in [0.15, 0.2) is 0 Å². The summed E-state index contributed by atoms with van der Waals surface area (Å²) in [5, 5.41) is 0. The predicted molar refractivity (Wildman–Crippen MR) is 81.1 cm³/mol. The summed E-state index contributed by atoms with van der Waals surface area (Å²) in [5.74, 6) is 11.5. The predicted octanol–water partition coefficient (Wildman–Crippen LogP) is 3.57. The first-order valence-electron chi connectivity index (χ1n) is 6.61. The van der Waals surface area contributed by atoms with Crippen molar-refractivity contribution in [3.63, 3.8) is 0 Å². The molecule has 0 saturated heterocycles. The Morgan fingerprint density at radius 1 is 1.20 bits per heavy atom. The molecule has 0 unspecified atom stereocenters. The van der Waals surface area contributed by atoms with Gasteiger partial charge < -0.3 is 4.74 Å². The largest absolute Gasteiger partial charge is 0.465 e. The number of carbonyl (C=O) groups excluding carboxylic acids is 1. The highest BCUT2D eigenvalue weighted by Crippen LogP contribution is 2.04. The Hall–Kier alpha value is -2.45. The zero-order valence-electron chi connectivity index (χ0n) is 11.9. The molecule has 0 bridgehead atoms. The maximum Gasteiger partial charge on any atom is 0.337 e. The highest BCUT2D eigenvalue weighted by molar-refractivity contribution is 5.89. The standard InChI is InChI=1S/C18H18O2/c1-3-4-5-6-7-8-9-10-11-16-12-14-17(15-13-16)18(19)20-2/h8-9,12-15H,3-5H2,1-2H3/b9-8-. The molecule has 1 rings (SSSR count). The Balaban J connectivity index is 2.53. The summed E-state index contributed by atoms with van der Waals surface area (Å²) < 4.78 is 4.63. The summed E-state index contributed by atoms with van der Waals surface area (Å²) in [6, 6.07) is 6.98. The minimum Gasteiger partial charge on any atom is -0.465 e. The summed E-state index contributed by atoms with van der Waals surface area (Å²) >= 11 is 0. The molecule has 0 aliphatic rings. The molecule has 1 aromatic rings. The number of unbranched alkanes of at least 4 members (excludes halogenated alkanes) is 2. The first-order chi connectivity index (χ1) is 9.77. The van der Waals surface area contributed by atoms with Gasteiger partial charge in [0.25, 0.3) is 0 Å². The first kappa shape index (κ1) is 15.6. The summed E-state index contributed by atoms with van der Waals surface area (Å²) in [5.41, 5.74) is 1.37. The van der Waals surface area contributed by atoms with E-state index in [1.54, 1.807) is 36.4 Å². The number of ether oxygens (including phenoxy) is 1. The van der Waals surface area contributed by atoms with Crippen molar-refractivity contribution in [1.82, 2.24) is 0 Å². The van der Waals surface area contributed by atoms with E-state index in [9.17, 15) is 4.79 Å². The van der Waals surface area contributed by atoms with Gasteiger partial charge in [-0.05, 0) is 42.8 Å². The number of rotatable bonds is 3. The number of hydrogen-bond donors (Lipinski definition) is 0. The van der Waals surface area contributed by atoms with Crippen molar-refractivity contribution >= 4 is 5.97 Å². The van der Waals surface area contributed by atoms with Crippen molar-refractivity contribution in [3.05, 3.63) is 47.5 Å². The van der Waals surface area contributed by atoms with E-state index in [1.165, 1.54) is 13.5 Å². The van der Waals surface area contributed by atoms with E-state index < -0.39 is 0 Å². The fraction of sp³-hybridized carbons (Fsp3) is 0.278. The van der Waals surface area contributed by atoms with Crippen LogP contribution in [0.2, 0.25) is 0 Å². The lowest BCUT2D eigenvalue weighted by atomic mass is 10.1. The zero-order chi connectivity index (χ0) is 14.6. The topological polar surface area (TPSA) is 26.3 Å².